The van der Waals surface area contributed by atoms with Gasteiger partial charge < -0.3 is 0 Å². The van der Waals surface area contributed by atoms with E-state index in [0.29, 0.717) is 5.41 Å². The van der Waals surface area contributed by atoms with Crippen molar-refractivity contribution in [1.82, 2.24) is 0 Å². The molecule has 16 heavy (non-hydrogen) atoms. The fourth-order valence-corrected chi connectivity index (χ4v) is 4.49. The van der Waals surface area contributed by atoms with Gasteiger partial charge in [-0.1, -0.05) is 34.8 Å². The van der Waals surface area contributed by atoms with Gasteiger partial charge in [0, 0.05) is 16.0 Å². The van der Waals surface area contributed by atoms with Crippen molar-refractivity contribution in [3.8, 4) is 0 Å². The molecular formula is C13H16BrFS. The first-order valence-electron chi connectivity index (χ1n) is 5.68. The lowest BCUT2D eigenvalue weighted by Crippen LogP contribution is -2.21. The minimum Gasteiger partial charge on any atom is -0.207 e. The third kappa shape index (κ3) is 3.01. The van der Waals surface area contributed by atoms with Crippen molar-refractivity contribution in [3.05, 3.63) is 30.1 Å². The van der Waals surface area contributed by atoms with Crippen LogP contribution in [0.5, 0.6) is 0 Å². The highest BCUT2D eigenvalue weighted by atomic mass is 79.9. The first kappa shape index (κ1) is 12.4. The first-order chi connectivity index (χ1) is 7.74. The predicted octanol–water partition coefficient (Wildman–Crippen LogP) is 4.87. The van der Waals surface area contributed by atoms with Crippen LogP contribution in [0.2, 0.25) is 0 Å². The highest BCUT2D eigenvalue weighted by Crippen LogP contribution is 2.43. The number of hydrogen-bond acceptors (Lipinski definition) is 1. The van der Waals surface area contributed by atoms with E-state index in [-0.39, 0.29) is 5.82 Å². The van der Waals surface area contributed by atoms with Gasteiger partial charge in [-0.15, -0.1) is 11.8 Å². The summed E-state index contributed by atoms with van der Waals surface area (Å²) >= 11 is 5.42. The molecule has 0 atom stereocenters. The Labute approximate surface area is 109 Å². The second-order valence-corrected chi connectivity index (χ2v) is 6.20. The maximum absolute atomic E-state index is 13.0. The highest BCUT2D eigenvalue weighted by Gasteiger charge is 2.32. The molecule has 0 spiro atoms. The summed E-state index contributed by atoms with van der Waals surface area (Å²) in [5.74, 6) is 0.964. The van der Waals surface area contributed by atoms with Gasteiger partial charge in [-0.05, 0) is 36.5 Å². The van der Waals surface area contributed by atoms with Gasteiger partial charge in [-0.25, -0.2) is 4.39 Å². The molecule has 0 bridgehead atoms. The molecule has 0 N–H and O–H groups in total. The van der Waals surface area contributed by atoms with Crippen molar-refractivity contribution in [2.24, 2.45) is 5.41 Å². The van der Waals surface area contributed by atoms with E-state index in [1.165, 1.54) is 31.7 Å². The normalized spacial score (nSPS) is 18.9. The van der Waals surface area contributed by atoms with Gasteiger partial charge in [-0.3, -0.25) is 0 Å². The van der Waals surface area contributed by atoms with E-state index in [1.807, 2.05) is 6.07 Å². The minimum absolute atomic E-state index is 0.135. The SMILES string of the molecule is Fc1cccc(SCC2(CBr)CCCC2)c1. The van der Waals surface area contributed by atoms with Crippen LogP contribution in [-0.2, 0) is 0 Å². The van der Waals surface area contributed by atoms with Crippen molar-refractivity contribution in [3.63, 3.8) is 0 Å². The van der Waals surface area contributed by atoms with Crippen LogP contribution in [0.4, 0.5) is 4.39 Å². The molecular weight excluding hydrogens is 287 g/mol. The van der Waals surface area contributed by atoms with E-state index >= 15 is 0 Å². The molecule has 0 aromatic heterocycles. The smallest absolute Gasteiger partial charge is 0.124 e. The van der Waals surface area contributed by atoms with Crippen LogP contribution in [0.15, 0.2) is 29.2 Å². The molecule has 2 rings (SSSR count). The van der Waals surface area contributed by atoms with Gasteiger partial charge in [0.2, 0.25) is 0 Å². The fourth-order valence-electron chi connectivity index (χ4n) is 2.23. The maximum atomic E-state index is 13.0. The van der Waals surface area contributed by atoms with Crippen molar-refractivity contribution in [1.29, 1.82) is 0 Å². The molecule has 0 radical (unpaired) electrons. The summed E-state index contributed by atoms with van der Waals surface area (Å²) in [6, 6.07) is 6.90. The van der Waals surface area contributed by atoms with E-state index in [1.54, 1.807) is 23.9 Å². The molecule has 3 heteroatoms. The quantitative estimate of drug-likeness (QED) is 0.564. The van der Waals surface area contributed by atoms with Crippen LogP contribution >= 0.6 is 27.7 Å². The lowest BCUT2D eigenvalue weighted by atomic mass is 9.92. The molecule has 0 heterocycles. The molecule has 1 fully saturated rings. The van der Waals surface area contributed by atoms with E-state index in [2.05, 4.69) is 15.9 Å². The molecule has 1 aliphatic carbocycles. The third-order valence-corrected chi connectivity index (χ3v) is 5.82. The van der Waals surface area contributed by atoms with Gasteiger partial charge in [-0.2, -0.15) is 0 Å². The zero-order valence-corrected chi connectivity index (χ0v) is 11.6. The lowest BCUT2D eigenvalue weighted by Gasteiger charge is -2.25. The average molecular weight is 303 g/mol. The van der Waals surface area contributed by atoms with Crippen LogP contribution in [0.3, 0.4) is 0 Å². The Bertz CT molecular complexity index is 348. The Kier molecular flexibility index (Phi) is 4.31. The van der Waals surface area contributed by atoms with Crippen LogP contribution in [0.1, 0.15) is 25.7 Å². The minimum atomic E-state index is -0.135. The van der Waals surface area contributed by atoms with Gasteiger partial charge in [0.15, 0.2) is 0 Å². The predicted molar refractivity (Wildman–Crippen MR) is 71.8 cm³/mol. The second kappa shape index (κ2) is 5.54. The van der Waals surface area contributed by atoms with Gasteiger partial charge in [0.1, 0.15) is 5.82 Å². The average Bonchev–Trinajstić information content (AvgIpc) is 2.76. The lowest BCUT2D eigenvalue weighted by molar-refractivity contribution is 0.405. The Morgan fingerprint density at radius 1 is 1.31 bits per heavy atom. The standard InChI is InChI=1S/C13H16BrFS/c14-9-13(6-1-2-7-13)10-16-12-5-3-4-11(15)8-12/h3-5,8H,1-2,6-7,9-10H2. The maximum Gasteiger partial charge on any atom is 0.124 e. The molecule has 0 saturated heterocycles. The van der Waals surface area contributed by atoms with Crippen molar-refractivity contribution < 1.29 is 4.39 Å². The number of rotatable bonds is 4. The fraction of sp³-hybridized carbons (Fsp3) is 0.538. The van der Waals surface area contributed by atoms with Crippen LogP contribution in [0.25, 0.3) is 0 Å². The largest absolute Gasteiger partial charge is 0.207 e. The van der Waals surface area contributed by atoms with E-state index < -0.39 is 0 Å². The molecule has 0 unspecified atom stereocenters. The Balaban J connectivity index is 1.95. The van der Waals surface area contributed by atoms with Crippen LogP contribution < -0.4 is 0 Å². The summed E-state index contributed by atoms with van der Waals surface area (Å²) < 4.78 is 13.0. The molecule has 1 saturated carbocycles. The monoisotopic (exact) mass is 302 g/mol. The second-order valence-electron chi connectivity index (χ2n) is 4.59. The molecule has 88 valence electrons. The summed E-state index contributed by atoms with van der Waals surface area (Å²) in [4.78, 5) is 1.05. The zero-order chi connectivity index (χ0) is 11.4. The van der Waals surface area contributed by atoms with Gasteiger partial charge >= 0.3 is 0 Å². The first-order valence-corrected chi connectivity index (χ1v) is 7.79. The van der Waals surface area contributed by atoms with Gasteiger partial charge in [0.25, 0.3) is 0 Å². The van der Waals surface area contributed by atoms with Crippen LogP contribution in [0, 0.1) is 11.2 Å². The summed E-state index contributed by atoms with van der Waals surface area (Å²) in [7, 11) is 0. The Morgan fingerprint density at radius 3 is 2.69 bits per heavy atom. The molecule has 0 amide bonds. The Hall–Kier alpha value is -0.0200. The molecule has 0 aliphatic heterocycles. The summed E-state index contributed by atoms with van der Waals surface area (Å²) in [5, 5.41) is 1.07. The molecule has 1 aromatic carbocycles. The van der Waals surface area contributed by atoms with Crippen molar-refractivity contribution >= 4 is 27.7 Å². The van der Waals surface area contributed by atoms with Gasteiger partial charge in [0.05, 0.1) is 0 Å². The van der Waals surface area contributed by atoms with E-state index in [9.17, 15) is 4.39 Å². The number of alkyl halides is 1. The van der Waals surface area contributed by atoms with E-state index in [0.717, 1.165) is 16.0 Å². The van der Waals surface area contributed by atoms with E-state index in [4.69, 9.17) is 0 Å². The molecule has 1 aliphatic rings. The molecule has 0 nitrogen and oxygen atoms in total. The zero-order valence-electron chi connectivity index (χ0n) is 9.22. The number of benzene rings is 1. The third-order valence-electron chi connectivity index (χ3n) is 3.29. The summed E-state index contributed by atoms with van der Waals surface area (Å²) in [6.45, 7) is 0. The number of thioether (sulfide) groups is 1. The van der Waals surface area contributed by atoms with Crippen molar-refractivity contribution in [2.45, 2.75) is 30.6 Å². The highest BCUT2D eigenvalue weighted by molar-refractivity contribution is 9.09. The van der Waals surface area contributed by atoms with Crippen molar-refractivity contribution in [2.75, 3.05) is 11.1 Å². The number of halogens is 2. The van der Waals surface area contributed by atoms with Crippen LogP contribution in [-0.4, -0.2) is 11.1 Å². The number of hydrogen-bond donors (Lipinski definition) is 0. The summed E-state index contributed by atoms with van der Waals surface area (Å²) in [5.41, 5.74) is 0.441. The summed E-state index contributed by atoms with van der Waals surface area (Å²) in [6.07, 6.45) is 5.30. The molecule has 1 aromatic rings. The Morgan fingerprint density at radius 2 is 2.06 bits per heavy atom. The topological polar surface area (TPSA) is 0 Å².